The van der Waals surface area contributed by atoms with Crippen molar-refractivity contribution >= 4 is 35.0 Å². The number of nitrogens with zero attached hydrogens (tertiary/aromatic N) is 1. The summed E-state index contributed by atoms with van der Waals surface area (Å²) in [5, 5.41) is 3.66. The minimum atomic E-state index is -0.849. The number of carbonyl (C=O) groups is 2. The first-order chi connectivity index (χ1) is 13.5. The molecule has 1 fully saturated rings. The lowest BCUT2D eigenvalue weighted by Gasteiger charge is -2.34. The topological polar surface area (TPSA) is 67.9 Å². The van der Waals surface area contributed by atoms with Gasteiger partial charge in [0.05, 0.1) is 6.54 Å². The molecule has 156 valence electrons. The average molecular weight is 431 g/mol. The largest absolute Gasteiger partial charge is 0.354 e. The van der Waals surface area contributed by atoms with E-state index >= 15 is 0 Å². The Bertz CT molecular complexity index is 632. The number of alkyl halides is 1. The SMILES string of the molecule is COC(CN(C(=O)CCl)[C@H](C(=O)NC1CCCCC1)c1ccc(Cl)cc1)OC. The van der Waals surface area contributed by atoms with E-state index in [1.54, 1.807) is 24.3 Å². The molecule has 1 N–H and O–H groups in total. The molecule has 6 nitrogen and oxygen atoms in total. The van der Waals surface area contributed by atoms with Crippen LogP contribution in [0.25, 0.3) is 0 Å². The lowest BCUT2D eigenvalue weighted by atomic mass is 9.94. The minimum absolute atomic E-state index is 0.0733. The number of hydrogen-bond donors (Lipinski definition) is 1. The maximum Gasteiger partial charge on any atom is 0.247 e. The summed E-state index contributed by atoms with van der Waals surface area (Å²) in [4.78, 5) is 27.3. The van der Waals surface area contributed by atoms with Gasteiger partial charge in [0.2, 0.25) is 11.8 Å². The fourth-order valence-corrected chi connectivity index (χ4v) is 3.76. The zero-order chi connectivity index (χ0) is 20.5. The lowest BCUT2D eigenvalue weighted by Crippen LogP contribution is -2.50. The molecule has 1 aliphatic carbocycles. The molecule has 0 saturated heterocycles. The molecule has 0 aromatic heterocycles. The Labute approximate surface area is 176 Å². The molecule has 0 spiro atoms. The van der Waals surface area contributed by atoms with Crippen molar-refractivity contribution in [2.24, 2.45) is 0 Å². The van der Waals surface area contributed by atoms with Crippen molar-refractivity contribution < 1.29 is 19.1 Å². The third-order valence-corrected chi connectivity index (χ3v) is 5.48. The van der Waals surface area contributed by atoms with Crippen molar-refractivity contribution in [1.82, 2.24) is 10.2 Å². The second-order valence-corrected chi connectivity index (χ2v) is 7.58. The summed E-state index contributed by atoms with van der Waals surface area (Å²) in [6, 6.07) is 6.16. The van der Waals surface area contributed by atoms with Crippen molar-refractivity contribution in [2.45, 2.75) is 50.5 Å². The van der Waals surface area contributed by atoms with Crippen LogP contribution in [-0.2, 0) is 19.1 Å². The van der Waals surface area contributed by atoms with Crippen LogP contribution in [0.4, 0.5) is 0 Å². The second-order valence-electron chi connectivity index (χ2n) is 6.88. The van der Waals surface area contributed by atoms with E-state index < -0.39 is 12.3 Å². The van der Waals surface area contributed by atoms with Crippen LogP contribution in [0, 0.1) is 0 Å². The number of ether oxygens (including phenoxy) is 2. The third kappa shape index (κ3) is 6.34. The standard InChI is InChI=1S/C20H28Cl2N2O4/c1-27-18(28-2)13-24(17(25)12-21)19(14-8-10-15(22)11-9-14)20(26)23-16-6-4-3-5-7-16/h8-11,16,18-19H,3-7,12-13H2,1-2H3,(H,23,26)/t19-/m0/s1. The van der Waals surface area contributed by atoms with Gasteiger partial charge in [0.15, 0.2) is 6.29 Å². The zero-order valence-corrected chi connectivity index (χ0v) is 17.8. The number of carbonyl (C=O) groups excluding carboxylic acids is 2. The van der Waals surface area contributed by atoms with Crippen molar-refractivity contribution in [3.8, 4) is 0 Å². The molecule has 1 saturated carbocycles. The normalized spacial score (nSPS) is 16.0. The number of benzene rings is 1. The smallest absolute Gasteiger partial charge is 0.247 e. The van der Waals surface area contributed by atoms with Gasteiger partial charge in [0.1, 0.15) is 11.9 Å². The molecule has 1 atom stereocenters. The van der Waals surface area contributed by atoms with Gasteiger partial charge in [0, 0.05) is 25.3 Å². The molecule has 0 heterocycles. The Morgan fingerprint density at radius 3 is 2.29 bits per heavy atom. The third-order valence-electron chi connectivity index (χ3n) is 5.00. The molecule has 0 radical (unpaired) electrons. The molecular formula is C20H28Cl2N2O4. The minimum Gasteiger partial charge on any atom is -0.354 e. The van der Waals surface area contributed by atoms with E-state index in [-0.39, 0.29) is 30.3 Å². The highest BCUT2D eigenvalue weighted by molar-refractivity contribution is 6.30. The number of amides is 2. The summed E-state index contributed by atoms with van der Waals surface area (Å²) in [7, 11) is 2.97. The average Bonchev–Trinajstić information content (AvgIpc) is 2.72. The highest BCUT2D eigenvalue weighted by Gasteiger charge is 2.34. The van der Waals surface area contributed by atoms with Crippen LogP contribution in [0.2, 0.25) is 5.02 Å². The van der Waals surface area contributed by atoms with Gasteiger partial charge in [-0.1, -0.05) is 43.0 Å². The number of halogens is 2. The highest BCUT2D eigenvalue weighted by atomic mass is 35.5. The summed E-state index contributed by atoms with van der Waals surface area (Å²) in [5.41, 5.74) is 0.655. The van der Waals surface area contributed by atoms with E-state index in [4.69, 9.17) is 32.7 Å². The summed E-state index contributed by atoms with van der Waals surface area (Å²) in [6.45, 7) is 0.0733. The van der Waals surface area contributed by atoms with Gasteiger partial charge < -0.3 is 19.7 Å². The monoisotopic (exact) mass is 430 g/mol. The van der Waals surface area contributed by atoms with Crippen LogP contribution < -0.4 is 5.32 Å². The Hall–Kier alpha value is -1.34. The van der Waals surface area contributed by atoms with Gasteiger partial charge in [-0.25, -0.2) is 0 Å². The van der Waals surface area contributed by atoms with Crippen molar-refractivity contribution in [3.63, 3.8) is 0 Å². The summed E-state index contributed by atoms with van der Waals surface area (Å²) in [5.74, 6) is -0.862. The number of nitrogens with one attached hydrogen (secondary N) is 1. The van der Waals surface area contributed by atoms with E-state index in [1.165, 1.54) is 25.5 Å². The van der Waals surface area contributed by atoms with Crippen molar-refractivity contribution in [3.05, 3.63) is 34.9 Å². The second kappa shape index (κ2) is 11.6. The van der Waals surface area contributed by atoms with Gasteiger partial charge in [-0.2, -0.15) is 0 Å². The Kier molecular flexibility index (Phi) is 9.51. The van der Waals surface area contributed by atoms with Gasteiger partial charge >= 0.3 is 0 Å². The molecule has 1 aromatic carbocycles. The lowest BCUT2D eigenvalue weighted by molar-refractivity contribution is -0.153. The van der Waals surface area contributed by atoms with Gasteiger partial charge in [-0.05, 0) is 30.5 Å². The molecular weight excluding hydrogens is 403 g/mol. The molecule has 8 heteroatoms. The Morgan fingerprint density at radius 2 is 1.75 bits per heavy atom. The summed E-state index contributed by atoms with van der Waals surface area (Å²) in [6.07, 6.45) is 4.59. The number of methoxy groups -OCH3 is 2. The molecule has 0 aliphatic heterocycles. The van der Waals surface area contributed by atoms with E-state index in [1.807, 2.05) is 0 Å². The van der Waals surface area contributed by atoms with E-state index in [0.29, 0.717) is 10.6 Å². The van der Waals surface area contributed by atoms with Crippen LogP contribution in [0.3, 0.4) is 0 Å². The van der Waals surface area contributed by atoms with Gasteiger partial charge in [-0.15, -0.1) is 11.6 Å². The first kappa shape index (κ1) is 22.9. The van der Waals surface area contributed by atoms with Gasteiger partial charge in [0.25, 0.3) is 0 Å². The van der Waals surface area contributed by atoms with Gasteiger partial charge in [-0.3, -0.25) is 9.59 Å². The predicted molar refractivity (Wildman–Crippen MR) is 109 cm³/mol. The number of rotatable bonds is 9. The molecule has 2 amide bonds. The van der Waals surface area contributed by atoms with Crippen LogP contribution >= 0.6 is 23.2 Å². The predicted octanol–water partition coefficient (Wildman–Crippen LogP) is 3.52. The van der Waals surface area contributed by atoms with Crippen molar-refractivity contribution in [1.29, 1.82) is 0 Å². The van der Waals surface area contributed by atoms with E-state index in [9.17, 15) is 9.59 Å². The van der Waals surface area contributed by atoms with Crippen LogP contribution in [0.5, 0.6) is 0 Å². The fourth-order valence-electron chi connectivity index (χ4n) is 3.48. The number of hydrogen-bond acceptors (Lipinski definition) is 4. The van der Waals surface area contributed by atoms with Crippen molar-refractivity contribution in [2.75, 3.05) is 26.6 Å². The molecule has 0 unspecified atom stereocenters. The molecule has 1 aliphatic rings. The summed E-state index contributed by atoms with van der Waals surface area (Å²) < 4.78 is 10.5. The first-order valence-corrected chi connectivity index (χ1v) is 10.4. The molecule has 2 rings (SSSR count). The highest BCUT2D eigenvalue weighted by Crippen LogP contribution is 2.26. The maximum atomic E-state index is 13.3. The molecule has 28 heavy (non-hydrogen) atoms. The zero-order valence-electron chi connectivity index (χ0n) is 16.3. The maximum absolute atomic E-state index is 13.3. The molecule has 0 bridgehead atoms. The molecule has 1 aromatic rings. The van der Waals surface area contributed by atoms with Crippen LogP contribution in [0.15, 0.2) is 24.3 Å². The Morgan fingerprint density at radius 1 is 1.14 bits per heavy atom. The fraction of sp³-hybridized carbons (Fsp3) is 0.600. The van der Waals surface area contributed by atoms with Crippen LogP contribution in [0.1, 0.15) is 43.7 Å². The van der Waals surface area contributed by atoms with Crippen LogP contribution in [-0.4, -0.2) is 55.7 Å². The Balaban J connectivity index is 2.33. The van der Waals surface area contributed by atoms with E-state index in [0.717, 1.165) is 25.7 Å². The summed E-state index contributed by atoms with van der Waals surface area (Å²) >= 11 is 11.9. The first-order valence-electron chi connectivity index (χ1n) is 9.47. The quantitative estimate of drug-likeness (QED) is 0.480. The van der Waals surface area contributed by atoms with E-state index in [2.05, 4.69) is 5.32 Å².